The maximum Gasteiger partial charge on any atom is 0.132 e. The summed E-state index contributed by atoms with van der Waals surface area (Å²) >= 11 is 1.78. The Balaban J connectivity index is 1.41. The van der Waals surface area contributed by atoms with Gasteiger partial charge in [0.05, 0.1) is 0 Å². The average Bonchev–Trinajstić information content (AvgIpc) is 3.33. The smallest absolute Gasteiger partial charge is 0.132 e. The summed E-state index contributed by atoms with van der Waals surface area (Å²) in [6, 6.07) is 2.19. The van der Waals surface area contributed by atoms with Crippen molar-refractivity contribution in [3.8, 4) is 0 Å². The first-order chi connectivity index (χ1) is 10.8. The molecule has 0 amide bonds. The number of hydrogen-bond acceptors (Lipinski definition) is 6. The second-order valence-corrected chi connectivity index (χ2v) is 7.32. The minimum absolute atomic E-state index is 0.568. The van der Waals surface area contributed by atoms with Gasteiger partial charge in [0.25, 0.3) is 0 Å². The third-order valence-corrected chi connectivity index (χ3v) is 5.85. The van der Waals surface area contributed by atoms with Gasteiger partial charge in [-0.25, -0.2) is 9.97 Å². The highest BCUT2D eigenvalue weighted by Gasteiger charge is 2.27. The molecule has 0 N–H and O–H groups in total. The standard InChI is InChI=1S/C16H21N5S/c1-2-15-19-20-16(22-15)12-5-7-21(8-6-12)14-9-13(11-3-4-11)17-10-18-14/h9-12H,2-8H2,1H3. The Bertz CT molecular complexity index is 643. The maximum atomic E-state index is 4.48. The van der Waals surface area contributed by atoms with E-state index in [1.807, 2.05) is 0 Å². The lowest BCUT2D eigenvalue weighted by atomic mass is 9.97. The van der Waals surface area contributed by atoms with Gasteiger partial charge in [0.1, 0.15) is 22.2 Å². The van der Waals surface area contributed by atoms with E-state index in [4.69, 9.17) is 0 Å². The third kappa shape index (κ3) is 2.84. The molecule has 0 aromatic carbocycles. The van der Waals surface area contributed by atoms with Crippen molar-refractivity contribution in [2.45, 2.75) is 50.9 Å². The quantitative estimate of drug-likeness (QED) is 0.867. The Labute approximate surface area is 134 Å². The van der Waals surface area contributed by atoms with Crippen LogP contribution in [0, 0.1) is 0 Å². The maximum absolute atomic E-state index is 4.48. The molecule has 1 saturated heterocycles. The van der Waals surface area contributed by atoms with Gasteiger partial charge in [-0.05, 0) is 32.1 Å². The molecule has 5 nitrogen and oxygen atoms in total. The van der Waals surface area contributed by atoms with Crippen LogP contribution < -0.4 is 4.90 Å². The summed E-state index contributed by atoms with van der Waals surface area (Å²) in [5, 5.41) is 11.0. The third-order valence-electron chi connectivity index (χ3n) is 4.62. The van der Waals surface area contributed by atoms with Crippen LogP contribution in [0.1, 0.15) is 60.2 Å². The zero-order valence-electron chi connectivity index (χ0n) is 12.9. The molecule has 0 unspecified atom stereocenters. The van der Waals surface area contributed by atoms with Crippen molar-refractivity contribution >= 4 is 17.2 Å². The molecule has 0 spiro atoms. The van der Waals surface area contributed by atoms with Gasteiger partial charge in [-0.2, -0.15) is 0 Å². The molecule has 22 heavy (non-hydrogen) atoms. The molecule has 116 valence electrons. The Hall–Kier alpha value is -1.56. The Morgan fingerprint density at radius 2 is 1.91 bits per heavy atom. The zero-order chi connectivity index (χ0) is 14.9. The summed E-state index contributed by atoms with van der Waals surface area (Å²) in [4.78, 5) is 11.3. The van der Waals surface area contributed by atoms with E-state index in [-0.39, 0.29) is 0 Å². The topological polar surface area (TPSA) is 54.8 Å². The van der Waals surface area contributed by atoms with Crippen LogP contribution in [0.25, 0.3) is 0 Å². The molecular formula is C16H21N5S. The van der Waals surface area contributed by atoms with E-state index in [2.05, 4.69) is 38.1 Å². The average molecular weight is 315 g/mol. The van der Waals surface area contributed by atoms with E-state index >= 15 is 0 Å². The van der Waals surface area contributed by atoms with E-state index in [1.54, 1.807) is 17.7 Å². The van der Waals surface area contributed by atoms with E-state index in [1.165, 1.54) is 23.5 Å². The minimum Gasteiger partial charge on any atom is -0.356 e. The SMILES string of the molecule is CCc1nnc(C2CCN(c3cc(C4CC4)ncn3)CC2)s1. The Morgan fingerprint density at radius 1 is 1.09 bits per heavy atom. The summed E-state index contributed by atoms with van der Waals surface area (Å²) in [6.07, 6.45) is 7.57. The number of anilines is 1. The number of rotatable bonds is 4. The summed E-state index contributed by atoms with van der Waals surface area (Å²) in [5.41, 5.74) is 1.23. The molecule has 2 aromatic rings. The number of aromatic nitrogens is 4. The van der Waals surface area contributed by atoms with E-state index in [0.717, 1.165) is 43.2 Å². The van der Waals surface area contributed by atoms with Crippen LogP contribution in [0.3, 0.4) is 0 Å². The van der Waals surface area contributed by atoms with Gasteiger partial charge in [-0.15, -0.1) is 21.5 Å². The summed E-state index contributed by atoms with van der Waals surface area (Å²) in [6.45, 7) is 4.24. The van der Waals surface area contributed by atoms with Crippen LogP contribution in [0.4, 0.5) is 5.82 Å². The number of hydrogen-bond donors (Lipinski definition) is 0. The largest absolute Gasteiger partial charge is 0.356 e. The molecule has 1 aliphatic heterocycles. The molecule has 1 saturated carbocycles. The van der Waals surface area contributed by atoms with Crippen molar-refractivity contribution in [1.29, 1.82) is 0 Å². The lowest BCUT2D eigenvalue weighted by Gasteiger charge is -2.31. The fraction of sp³-hybridized carbons (Fsp3) is 0.625. The van der Waals surface area contributed by atoms with Crippen LogP contribution in [-0.2, 0) is 6.42 Å². The first-order valence-electron chi connectivity index (χ1n) is 8.22. The highest BCUT2D eigenvalue weighted by Crippen LogP contribution is 2.40. The number of piperidine rings is 1. The molecule has 0 radical (unpaired) electrons. The van der Waals surface area contributed by atoms with Crippen molar-refractivity contribution in [3.63, 3.8) is 0 Å². The molecule has 6 heteroatoms. The molecule has 2 aromatic heterocycles. The molecule has 1 aliphatic carbocycles. The number of nitrogens with zero attached hydrogens (tertiary/aromatic N) is 5. The van der Waals surface area contributed by atoms with Crippen molar-refractivity contribution in [2.75, 3.05) is 18.0 Å². The minimum atomic E-state index is 0.568. The predicted molar refractivity (Wildman–Crippen MR) is 87.5 cm³/mol. The zero-order valence-corrected chi connectivity index (χ0v) is 13.7. The number of aryl methyl sites for hydroxylation is 1. The van der Waals surface area contributed by atoms with Crippen molar-refractivity contribution in [1.82, 2.24) is 20.2 Å². The monoisotopic (exact) mass is 315 g/mol. The normalized spacial score (nSPS) is 19.6. The summed E-state index contributed by atoms with van der Waals surface area (Å²) in [7, 11) is 0. The van der Waals surface area contributed by atoms with Gasteiger partial charge in [0.15, 0.2) is 0 Å². The first-order valence-corrected chi connectivity index (χ1v) is 9.04. The van der Waals surface area contributed by atoms with E-state index < -0.39 is 0 Å². The second kappa shape index (κ2) is 5.91. The highest BCUT2D eigenvalue weighted by molar-refractivity contribution is 7.11. The fourth-order valence-electron chi connectivity index (χ4n) is 3.07. The van der Waals surface area contributed by atoms with Gasteiger partial charge in [0.2, 0.25) is 0 Å². The van der Waals surface area contributed by atoms with Gasteiger partial charge in [0, 0.05) is 36.7 Å². The molecule has 4 rings (SSSR count). The molecule has 0 bridgehead atoms. The summed E-state index contributed by atoms with van der Waals surface area (Å²) in [5.74, 6) is 2.36. The molecule has 0 atom stereocenters. The van der Waals surface area contributed by atoms with Crippen molar-refractivity contribution in [3.05, 3.63) is 28.1 Å². The molecule has 2 fully saturated rings. The lowest BCUT2D eigenvalue weighted by molar-refractivity contribution is 0.498. The molecule has 3 heterocycles. The fourth-order valence-corrected chi connectivity index (χ4v) is 4.02. The Kier molecular flexibility index (Phi) is 3.78. The molecular weight excluding hydrogens is 294 g/mol. The van der Waals surface area contributed by atoms with Gasteiger partial charge in [-0.1, -0.05) is 6.92 Å². The second-order valence-electron chi connectivity index (χ2n) is 6.22. The van der Waals surface area contributed by atoms with Gasteiger partial charge >= 0.3 is 0 Å². The van der Waals surface area contributed by atoms with Gasteiger partial charge in [-0.3, -0.25) is 0 Å². The van der Waals surface area contributed by atoms with Crippen molar-refractivity contribution in [2.24, 2.45) is 0 Å². The van der Waals surface area contributed by atoms with Gasteiger partial charge < -0.3 is 4.90 Å². The van der Waals surface area contributed by atoms with Crippen molar-refractivity contribution < 1.29 is 0 Å². The van der Waals surface area contributed by atoms with Crippen LogP contribution in [0.5, 0.6) is 0 Å². The highest BCUT2D eigenvalue weighted by atomic mass is 32.1. The molecule has 2 aliphatic rings. The van der Waals surface area contributed by atoms with Crippen LogP contribution in [-0.4, -0.2) is 33.3 Å². The summed E-state index contributed by atoms with van der Waals surface area (Å²) < 4.78 is 0. The van der Waals surface area contributed by atoms with E-state index in [9.17, 15) is 0 Å². The van der Waals surface area contributed by atoms with E-state index in [0.29, 0.717) is 11.8 Å². The van der Waals surface area contributed by atoms with Crippen LogP contribution in [0.15, 0.2) is 12.4 Å². The lowest BCUT2D eigenvalue weighted by Crippen LogP contribution is -2.33. The van der Waals surface area contributed by atoms with Crippen LogP contribution in [0.2, 0.25) is 0 Å². The Morgan fingerprint density at radius 3 is 2.59 bits per heavy atom. The van der Waals surface area contributed by atoms with Crippen LogP contribution >= 0.6 is 11.3 Å². The first kappa shape index (κ1) is 14.1. The predicted octanol–water partition coefficient (Wildman–Crippen LogP) is 3.15.